The molecular formula is C15H25N2O4S+. The second-order valence-electron chi connectivity index (χ2n) is 5.37. The Kier molecular flexibility index (Phi) is 6.19. The van der Waals surface area contributed by atoms with Crippen LogP contribution in [0.4, 0.5) is 0 Å². The van der Waals surface area contributed by atoms with Crippen molar-refractivity contribution in [2.45, 2.75) is 18.7 Å². The minimum Gasteiger partial charge on any atom is -0.494 e. The molecule has 2 rings (SSSR count). The standard InChI is InChI=1S/C15H24N2O4S/c1-3-21-15-5-4-14(12-13(15)2)22(18,19)16-6-7-17-8-10-20-11-9-17/h4-5,12,16H,3,6-11H2,1-2H3/p+1. The molecule has 0 atom stereocenters. The van der Waals surface area contributed by atoms with Crippen LogP contribution in [0.25, 0.3) is 0 Å². The van der Waals surface area contributed by atoms with E-state index >= 15 is 0 Å². The van der Waals surface area contributed by atoms with Crippen LogP contribution >= 0.6 is 0 Å². The van der Waals surface area contributed by atoms with Crippen LogP contribution in [-0.2, 0) is 14.8 Å². The maximum absolute atomic E-state index is 12.3. The van der Waals surface area contributed by atoms with E-state index in [0.29, 0.717) is 13.2 Å². The zero-order chi connectivity index (χ0) is 16.0. The molecule has 0 amide bonds. The van der Waals surface area contributed by atoms with Crippen molar-refractivity contribution in [2.75, 3.05) is 46.0 Å². The lowest BCUT2D eigenvalue weighted by Crippen LogP contribution is -3.14. The zero-order valence-corrected chi connectivity index (χ0v) is 14.0. The summed E-state index contributed by atoms with van der Waals surface area (Å²) in [6.45, 7) is 8.89. The van der Waals surface area contributed by atoms with Gasteiger partial charge in [0.25, 0.3) is 0 Å². The van der Waals surface area contributed by atoms with Crippen molar-refractivity contribution in [1.29, 1.82) is 0 Å². The Hall–Kier alpha value is -1.15. The second kappa shape index (κ2) is 7.92. The molecule has 1 fully saturated rings. The maximum atomic E-state index is 12.3. The number of morpholine rings is 1. The van der Waals surface area contributed by atoms with Crippen molar-refractivity contribution in [3.8, 4) is 5.75 Å². The van der Waals surface area contributed by atoms with E-state index in [1.807, 2.05) is 13.8 Å². The highest BCUT2D eigenvalue weighted by Crippen LogP contribution is 2.21. The zero-order valence-electron chi connectivity index (χ0n) is 13.2. The number of hydrogen-bond acceptors (Lipinski definition) is 4. The van der Waals surface area contributed by atoms with Crippen LogP contribution in [0, 0.1) is 6.92 Å². The summed E-state index contributed by atoms with van der Waals surface area (Å²) in [6, 6.07) is 4.94. The van der Waals surface area contributed by atoms with Crippen LogP contribution in [0.3, 0.4) is 0 Å². The largest absolute Gasteiger partial charge is 0.494 e. The molecule has 0 unspecified atom stereocenters. The van der Waals surface area contributed by atoms with Crippen LogP contribution in [0.1, 0.15) is 12.5 Å². The molecule has 0 aromatic heterocycles. The molecule has 0 radical (unpaired) electrons. The molecule has 1 aliphatic rings. The summed E-state index contributed by atoms with van der Waals surface area (Å²) in [5.41, 5.74) is 0.823. The predicted octanol–water partition coefficient (Wildman–Crippen LogP) is -0.413. The fourth-order valence-electron chi connectivity index (χ4n) is 2.46. The molecule has 0 spiro atoms. The predicted molar refractivity (Wildman–Crippen MR) is 83.9 cm³/mol. The molecule has 2 N–H and O–H groups in total. The summed E-state index contributed by atoms with van der Waals surface area (Å²) in [6.07, 6.45) is 0. The monoisotopic (exact) mass is 329 g/mol. The van der Waals surface area contributed by atoms with E-state index in [1.165, 1.54) is 4.90 Å². The summed E-state index contributed by atoms with van der Waals surface area (Å²) in [4.78, 5) is 1.65. The van der Waals surface area contributed by atoms with Crippen LogP contribution < -0.4 is 14.4 Å². The third kappa shape index (κ3) is 4.67. The van der Waals surface area contributed by atoms with E-state index in [0.717, 1.165) is 44.2 Å². The van der Waals surface area contributed by atoms with Gasteiger partial charge in [-0.15, -0.1) is 0 Å². The first-order valence-electron chi connectivity index (χ1n) is 7.67. The van der Waals surface area contributed by atoms with E-state index in [4.69, 9.17) is 9.47 Å². The molecule has 124 valence electrons. The number of quaternary nitrogens is 1. The van der Waals surface area contributed by atoms with E-state index in [9.17, 15) is 8.42 Å². The molecular weight excluding hydrogens is 304 g/mol. The second-order valence-corrected chi connectivity index (χ2v) is 7.14. The Balaban J connectivity index is 1.93. The fraction of sp³-hybridized carbons (Fsp3) is 0.600. The first-order chi connectivity index (χ1) is 10.5. The Labute approximate surface area is 132 Å². The highest BCUT2D eigenvalue weighted by molar-refractivity contribution is 7.89. The van der Waals surface area contributed by atoms with Gasteiger partial charge in [0, 0.05) is 0 Å². The van der Waals surface area contributed by atoms with Crippen LogP contribution in [-0.4, -0.2) is 54.4 Å². The number of aryl methyl sites for hydroxylation is 1. The van der Waals surface area contributed by atoms with Crippen molar-refractivity contribution in [3.63, 3.8) is 0 Å². The molecule has 1 aromatic rings. The molecule has 0 saturated carbocycles. The molecule has 22 heavy (non-hydrogen) atoms. The maximum Gasteiger partial charge on any atom is 0.240 e. The average molecular weight is 329 g/mol. The van der Waals surface area contributed by atoms with Crippen LogP contribution in [0.2, 0.25) is 0 Å². The molecule has 1 saturated heterocycles. The number of nitrogens with one attached hydrogen (secondary N) is 2. The summed E-state index contributed by atoms with van der Waals surface area (Å²) in [5, 5.41) is 0. The van der Waals surface area contributed by atoms with Gasteiger partial charge in [-0.05, 0) is 37.6 Å². The van der Waals surface area contributed by atoms with Gasteiger partial charge in [0.2, 0.25) is 10.0 Å². The number of sulfonamides is 1. The molecule has 0 aliphatic carbocycles. The summed E-state index contributed by atoms with van der Waals surface area (Å²) >= 11 is 0. The first kappa shape index (κ1) is 17.2. The molecule has 6 nitrogen and oxygen atoms in total. The molecule has 1 heterocycles. The number of ether oxygens (including phenoxy) is 2. The van der Waals surface area contributed by atoms with Crippen molar-refractivity contribution in [2.24, 2.45) is 0 Å². The minimum absolute atomic E-state index is 0.283. The van der Waals surface area contributed by atoms with Gasteiger partial charge in [-0.25, -0.2) is 13.1 Å². The lowest BCUT2D eigenvalue weighted by Gasteiger charge is -2.23. The number of benzene rings is 1. The Morgan fingerprint density at radius 3 is 2.68 bits per heavy atom. The van der Waals surface area contributed by atoms with Gasteiger partial charge in [0.1, 0.15) is 18.8 Å². The fourth-order valence-corrected chi connectivity index (χ4v) is 3.58. The molecule has 1 aliphatic heterocycles. The van der Waals surface area contributed by atoms with Crippen molar-refractivity contribution in [1.82, 2.24) is 4.72 Å². The van der Waals surface area contributed by atoms with Gasteiger partial charge >= 0.3 is 0 Å². The summed E-state index contributed by atoms with van der Waals surface area (Å²) in [5.74, 6) is 0.721. The molecule has 7 heteroatoms. The van der Waals surface area contributed by atoms with Crippen molar-refractivity contribution >= 4 is 10.0 Å². The van der Waals surface area contributed by atoms with Crippen LogP contribution in [0.15, 0.2) is 23.1 Å². The minimum atomic E-state index is -3.47. The summed E-state index contributed by atoms with van der Waals surface area (Å²) < 4.78 is 38.0. The Morgan fingerprint density at radius 1 is 1.32 bits per heavy atom. The van der Waals surface area contributed by atoms with Crippen molar-refractivity contribution < 1.29 is 22.8 Å². The van der Waals surface area contributed by atoms with Gasteiger partial charge in [-0.2, -0.15) is 0 Å². The van der Waals surface area contributed by atoms with E-state index in [2.05, 4.69) is 4.72 Å². The number of rotatable bonds is 7. The van der Waals surface area contributed by atoms with E-state index in [-0.39, 0.29) is 4.90 Å². The topological polar surface area (TPSA) is 69.1 Å². The van der Waals surface area contributed by atoms with Gasteiger partial charge in [-0.1, -0.05) is 0 Å². The van der Waals surface area contributed by atoms with Gasteiger partial charge < -0.3 is 14.4 Å². The van der Waals surface area contributed by atoms with Crippen molar-refractivity contribution in [3.05, 3.63) is 23.8 Å². The van der Waals surface area contributed by atoms with Gasteiger partial charge in [-0.3, -0.25) is 0 Å². The van der Waals surface area contributed by atoms with E-state index < -0.39 is 10.0 Å². The quantitative estimate of drug-likeness (QED) is 0.713. The normalized spacial score (nSPS) is 16.6. The first-order valence-corrected chi connectivity index (χ1v) is 9.15. The summed E-state index contributed by atoms with van der Waals surface area (Å²) in [7, 11) is -3.47. The molecule has 1 aromatic carbocycles. The number of hydrogen-bond donors (Lipinski definition) is 2. The molecule has 0 bridgehead atoms. The lowest BCUT2D eigenvalue weighted by atomic mass is 10.2. The Morgan fingerprint density at radius 2 is 2.05 bits per heavy atom. The third-order valence-corrected chi connectivity index (χ3v) is 5.19. The highest BCUT2D eigenvalue weighted by atomic mass is 32.2. The third-order valence-electron chi connectivity index (χ3n) is 3.73. The SMILES string of the molecule is CCOc1ccc(S(=O)(=O)NCC[NH+]2CCOCC2)cc1C. The van der Waals surface area contributed by atoms with Gasteiger partial charge in [0.15, 0.2) is 0 Å². The Bertz CT molecular complexity index is 583. The highest BCUT2D eigenvalue weighted by Gasteiger charge is 2.18. The average Bonchev–Trinajstić information content (AvgIpc) is 2.50. The van der Waals surface area contributed by atoms with Gasteiger partial charge in [0.05, 0.1) is 37.8 Å². The lowest BCUT2D eigenvalue weighted by molar-refractivity contribution is -0.906. The van der Waals surface area contributed by atoms with E-state index in [1.54, 1.807) is 18.2 Å². The van der Waals surface area contributed by atoms with Crippen LogP contribution in [0.5, 0.6) is 5.75 Å². The smallest absolute Gasteiger partial charge is 0.240 e.